The van der Waals surface area contributed by atoms with Crippen molar-refractivity contribution in [1.29, 1.82) is 0 Å². The molecule has 1 amide bonds. The highest BCUT2D eigenvalue weighted by Gasteiger charge is 2.23. The van der Waals surface area contributed by atoms with E-state index in [0.29, 0.717) is 43.3 Å². The Morgan fingerprint density at radius 3 is 2.52 bits per heavy atom. The normalized spacial score (nSPS) is 16.0. The third-order valence-electron chi connectivity index (χ3n) is 3.46. The van der Waals surface area contributed by atoms with E-state index in [2.05, 4.69) is 20.8 Å². The zero-order valence-electron chi connectivity index (χ0n) is 11.4. The van der Waals surface area contributed by atoms with Crippen LogP contribution in [0.3, 0.4) is 0 Å². The number of carbonyl (C=O) groups excluding carboxylic acids is 1. The maximum atomic E-state index is 12.5. The fourth-order valence-corrected chi connectivity index (χ4v) is 2.85. The lowest BCUT2D eigenvalue weighted by atomic mass is 10.2. The van der Waals surface area contributed by atoms with Gasteiger partial charge in [0.25, 0.3) is 5.91 Å². The van der Waals surface area contributed by atoms with Gasteiger partial charge in [-0.1, -0.05) is 11.6 Å². The summed E-state index contributed by atoms with van der Waals surface area (Å²) < 4.78 is 0.727. The maximum absolute atomic E-state index is 12.5. The van der Waals surface area contributed by atoms with Gasteiger partial charge < -0.3 is 10.0 Å². The molecule has 0 atom stereocenters. The van der Waals surface area contributed by atoms with E-state index in [9.17, 15) is 9.59 Å². The first-order valence-electron chi connectivity index (χ1n) is 6.66. The van der Waals surface area contributed by atoms with Crippen LogP contribution in [0.25, 0.3) is 0 Å². The van der Waals surface area contributed by atoms with Crippen molar-refractivity contribution in [2.24, 2.45) is 0 Å². The van der Waals surface area contributed by atoms with E-state index in [4.69, 9.17) is 16.7 Å². The van der Waals surface area contributed by atoms with Gasteiger partial charge in [-0.15, -0.1) is 0 Å². The first-order valence-corrected chi connectivity index (χ1v) is 7.83. The Morgan fingerprint density at radius 2 is 1.90 bits per heavy atom. The molecule has 0 aliphatic carbocycles. The van der Waals surface area contributed by atoms with Gasteiger partial charge in [0.05, 0.1) is 12.0 Å². The molecule has 7 heteroatoms. The molecule has 1 saturated heterocycles. The predicted molar refractivity (Wildman–Crippen MR) is 83.7 cm³/mol. The molecule has 1 aliphatic heterocycles. The largest absolute Gasteiger partial charge is 0.481 e. The number of carboxylic acids is 1. The molecule has 1 fully saturated rings. The van der Waals surface area contributed by atoms with Gasteiger partial charge >= 0.3 is 5.97 Å². The van der Waals surface area contributed by atoms with Gasteiger partial charge in [-0.05, 0) is 34.1 Å². The van der Waals surface area contributed by atoms with Crippen LogP contribution in [0.15, 0.2) is 22.7 Å². The minimum Gasteiger partial charge on any atom is -0.481 e. The number of benzene rings is 1. The Hall–Kier alpha value is -1.11. The number of aliphatic carboxylic acids is 1. The molecule has 1 aliphatic rings. The predicted octanol–water partition coefficient (Wildman–Crippen LogP) is 2.33. The molecule has 0 unspecified atom stereocenters. The fourth-order valence-electron chi connectivity index (χ4n) is 2.26. The van der Waals surface area contributed by atoms with Crippen molar-refractivity contribution in [3.05, 3.63) is 33.3 Å². The Bertz CT molecular complexity index is 545. The molecule has 0 saturated carbocycles. The molecule has 1 aromatic rings. The number of carboxylic acid groups (broad SMARTS) is 1. The van der Waals surface area contributed by atoms with Crippen LogP contribution in [0.2, 0.25) is 5.02 Å². The molecule has 1 aromatic carbocycles. The lowest BCUT2D eigenvalue weighted by Crippen LogP contribution is -2.49. The summed E-state index contributed by atoms with van der Waals surface area (Å²) in [4.78, 5) is 26.9. The standard InChI is InChI=1S/C14H16BrClN2O3/c15-12-2-1-10(16)9-11(12)14(21)18-7-5-17(6-8-18)4-3-13(19)20/h1-2,9H,3-8H2,(H,19,20). The van der Waals surface area contributed by atoms with Crippen molar-refractivity contribution in [3.8, 4) is 0 Å². The molecule has 1 heterocycles. The summed E-state index contributed by atoms with van der Waals surface area (Å²) in [7, 11) is 0. The van der Waals surface area contributed by atoms with Crippen LogP contribution < -0.4 is 0 Å². The Labute approximate surface area is 136 Å². The quantitative estimate of drug-likeness (QED) is 0.877. The molecule has 0 radical (unpaired) electrons. The van der Waals surface area contributed by atoms with Crippen molar-refractivity contribution in [2.45, 2.75) is 6.42 Å². The van der Waals surface area contributed by atoms with Gasteiger partial charge in [0.1, 0.15) is 0 Å². The topological polar surface area (TPSA) is 60.9 Å². The molecule has 5 nitrogen and oxygen atoms in total. The van der Waals surface area contributed by atoms with Crippen LogP contribution in [-0.2, 0) is 4.79 Å². The maximum Gasteiger partial charge on any atom is 0.304 e. The van der Waals surface area contributed by atoms with Crippen LogP contribution in [0.1, 0.15) is 16.8 Å². The third-order valence-corrected chi connectivity index (χ3v) is 4.39. The number of halogens is 2. The van der Waals surface area contributed by atoms with Crippen LogP contribution in [0, 0.1) is 0 Å². The number of piperazine rings is 1. The summed E-state index contributed by atoms with van der Waals surface area (Å²) in [5.41, 5.74) is 0.557. The van der Waals surface area contributed by atoms with Gasteiger partial charge in [0, 0.05) is 42.2 Å². The molecule has 0 bridgehead atoms. The Morgan fingerprint density at radius 1 is 1.24 bits per heavy atom. The van der Waals surface area contributed by atoms with E-state index in [-0.39, 0.29) is 12.3 Å². The Balaban J connectivity index is 1.94. The van der Waals surface area contributed by atoms with Crippen LogP contribution in [0.5, 0.6) is 0 Å². The highest BCUT2D eigenvalue weighted by atomic mass is 79.9. The number of hydrogen-bond donors (Lipinski definition) is 1. The molecule has 114 valence electrons. The highest BCUT2D eigenvalue weighted by Crippen LogP contribution is 2.23. The van der Waals surface area contributed by atoms with E-state index in [1.807, 2.05) is 0 Å². The van der Waals surface area contributed by atoms with E-state index >= 15 is 0 Å². The summed E-state index contributed by atoms with van der Waals surface area (Å²) in [5.74, 6) is -0.848. The van der Waals surface area contributed by atoms with E-state index in [0.717, 1.165) is 4.47 Å². The highest BCUT2D eigenvalue weighted by molar-refractivity contribution is 9.10. The lowest BCUT2D eigenvalue weighted by molar-refractivity contribution is -0.137. The summed E-state index contributed by atoms with van der Waals surface area (Å²) in [5, 5.41) is 9.21. The molecular weight excluding hydrogens is 360 g/mol. The zero-order chi connectivity index (χ0) is 15.4. The van der Waals surface area contributed by atoms with Gasteiger partial charge in [-0.3, -0.25) is 14.5 Å². The van der Waals surface area contributed by atoms with Crippen molar-refractivity contribution < 1.29 is 14.7 Å². The molecular formula is C14H16BrClN2O3. The minimum atomic E-state index is -0.795. The summed E-state index contributed by atoms with van der Waals surface area (Å²) in [6.07, 6.45) is 0.133. The van der Waals surface area contributed by atoms with E-state index in [1.165, 1.54) is 0 Å². The van der Waals surface area contributed by atoms with Gasteiger partial charge in [0.2, 0.25) is 0 Å². The lowest BCUT2D eigenvalue weighted by Gasteiger charge is -2.34. The van der Waals surface area contributed by atoms with E-state index in [1.54, 1.807) is 23.1 Å². The minimum absolute atomic E-state index is 0.0535. The molecule has 2 rings (SSSR count). The van der Waals surface area contributed by atoms with Crippen molar-refractivity contribution in [2.75, 3.05) is 32.7 Å². The summed E-state index contributed by atoms with van der Waals surface area (Å²) in [6, 6.07) is 5.15. The van der Waals surface area contributed by atoms with E-state index < -0.39 is 5.97 Å². The smallest absolute Gasteiger partial charge is 0.304 e. The van der Waals surface area contributed by atoms with Gasteiger partial charge in [-0.2, -0.15) is 0 Å². The van der Waals surface area contributed by atoms with Gasteiger partial charge in [0.15, 0.2) is 0 Å². The third kappa shape index (κ3) is 4.43. The second-order valence-electron chi connectivity index (χ2n) is 4.90. The first-order chi connectivity index (χ1) is 9.97. The second-order valence-corrected chi connectivity index (χ2v) is 6.19. The fraction of sp³-hybridized carbons (Fsp3) is 0.429. The van der Waals surface area contributed by atoms with Crippen molar-refractivity contribution in [3.63, 3.8) is 0 Å². The SMILES string of the molecule is O=C(O)CCN1CCN(C(=O)c2cc(Cl)ccc2Br)CC1. The van der Waals surface area contributed by atoms with Gasteiger partial charge in [-0.25, -0.2) is 0 Å². The number of hydrogen-bond acceptors (Lipinski definition) is 3. The Kier molecular flexibility index (Phi) is 5.61. The summed E-state index contributed by atoms with van der Waals surface area (Å²) in [6.45, 7) is 3.10. The van der Waals surface area contributed by atoms with Crippen molar-refractivity contribution in [1.82, 2.24) is 9.80 Å². The molecule has 21 heavy (non-hydrogen) atoms. The first kappa shape index (κ1) is 16.3. The number of nitrogens with zero attached hydrogens (tertiary/aromatic N) is 2. The monoisotopic (exact) mass is 374 g/mol. The number of carbonyl (C=O) groups is 2. The number of rotatable bonds is 4. The summed E-state index contributed by atoms with van der Waals surface area (Å²) >= 11 is 9.31. The average Bonchev–Trinajstić information content (AvgIpc) is 2.47. The molecule has 1 N–H and O–H groups in total. The average molecular weight is 376 g/mol. The zero-order valence-corrected chi connectivity index (χ0v) is 13.7. The van der Waals surface area contributed by atoms with Crippen LogP contribution >= 0.6 is 27.5 Å². The second kappa shape index (κ2) is 7.24. The van der Waals surface area contributed by atoms with Crippen LogP contribution in [0.4, 0.5) is 0 Å². The molecule has 0 spiro atoms. The van der Waals surface area contributed by atoms with Crippen molar-refractivity contribution >= 4 is 39.4 Å². The molecule has 0 aromatic heterocycles. The van der Waals surface area contributed by atoms with Crippen LogP contribution in [-0.4, -0.2) is 59.5 Å². The number of amides is 1.